The van der Waals surface area contributed by atoms with Gasteiger partial charge in [-0.2, -0.15) is 5.10 Å². The molecule has 0 atom stereocenters. The highest BCUT2D eigenvalue weighted by Gasteiger charge is 2.18. The highest BCUT2D eigenvalue weighted by molar-refractivity contribution is 7.89. The molecule has 2 aromatic carbocycles. The Morgan fingerprint density at radius 1 is 1.12 bits per heavy atom. The summed E-state index contributed by atoms with van der Waals surface area (Å²) in [6, 6.07) is 13.8. The molecule has 4 rings (SSSR count). The first-order valence-electron chi connectivity index (χ1n) is 10.2. The van der Waals surface area contributed by atoms with Gasteiger partial charge in [0.05, 0.1) is 28.3 Å². The van der Waals surface area contributed by atoms with Gasteiger partial charge < -0.3 is 9.47 Å². The second-order valence-corrected chi connectivity index (χ2v) is 9.01. The van der Waals surface area contributed by atoms with Crippen LogP contribution in [-0.2, 0) is 21.3 Å². The molecule has 34 heavy (non-hydrogen) atoms. The summed E-state index contributed by atoms with van der Waals surface area (Å²) in [5.41, 5.74) is 2.32. The molecule has 1 N–H and O–H groups in total. The van der Waals surface area contributed by atoms with Gasteiger partial charge in [0.15, 0.2) is 5.65 Å². The van der Waals surface area contributed by atoms with Crippen molar-refractivity contribution >= 4 is 21.4 Å². The Balaban J connectivity index is 1.62. The van der Waals surface area contributed by atoms with Crippen LogP contribution in [0.2, 0.25) is 0 Å². The monoisotopic (exact) mass is 483 g/mol. The summed E-state index contributed by atoms with van der Waals surface area (Å²) in [5, 5.41) is 15.2. The number of fused-ring (bicyclic) bond motifs is 1. The Morgan fingerprint density at radius 2 is 1.97 bits per heavy atom. The summed E-state index contributed by atoms with van der Waals surface area (Å²) in [5.74, 6) is 0.518. The van der Waals surface area contributed by atoms with E-state index < -0.39 is 14.9 Å². The first-order valence-corrected chi connectivity index (χ1v) is 11.6. The molecule has 4 aromatic rings. The molecule has 0 amide bonds. The number of hydrogen-bond donors (Lipinski definition) is 1. The third-order valence-electron chi connectivity index (χ3n) is 4.86. The number of rotatable bonds is 10. The molecule has 12 heteroatoms. The smallest absolute Gasteiger partial charge is 0.270 e. The minimum Gasteiger partial charge on any atom is -0.491 e. The van der Waals surface area contributed by atoms with Crippen molar-refractivity contribution in [1.29, 1.82) is 0 Å². The van der Waals surface area contributed by atoms with E-state index in [4.69, 9.17) is 9.47 Å². The van der Waals surface area contributed by atoms with Gasteiger partial charge >= 0.3 is 0 Å². The second kappa shape index (κ2) is 9.95. The van der Waals surface area contributed by atoms with Gasteiger partial charge in [0.1, 0.15) is 12.4 Å². The van der Waals surface area contributed by atoms with Crippen LogP contribution in [-0.4, -0.2) is 48.3 Å². The quantitative estimate of drug-likeness (QED) is 0.206. The molecule has 0 radical (unpaired) electrons. The van der Waals surface area contributed by atoms with Gasteiger partial charge in [0, 0.05) is 37.5 Å². The van der Waals surface area contributed by atoms with Crippen LogP contribution >= 0.6 is 0 Å². The van der Waals surface area contributed by atoms with Crippen molar-refractivity contribution in [2.24, 2.45) is 0 Å². The van der Waals surface area contributed by atoms with E-state index in [1.807, 2.05) is 6.07 Å². The second-order valence-electron chi connectivity index (χ2n) is 7.24. The topological polar surface area (TPSA) is 138 Å². The van der Waals surface area contributed by atoms with Gasteiger partial charge in [0.2, 0.25) is 10.0 Å². The number of ether oxygens (including phenoxy) is 2. The maximum Gasteiger partial charge on any atom is 0.270 e. The van der Waals surface area contributed by atoms with Crippen molar-refractivity contribution in [2.45, 2.75) is 11.4 Å². The maximum absolute atomic E-state index is 12.7. The van der Waals surface area contributed by atoms with Crippen LogP contribution in [0.4, 0.5) is 5.69 Å². The molecular weight excluding hydrogens is 462 g/mol. The van der Waals surface area contributed by atoms with E-state index in [2.05, 4.69) is 14.8 Å². The standard InChI is InChI=1S/C22H21N5O6S/c1-32-8-9-33-19-11-16(10-17(12-19)21-15-26-22(25-21)6-3-7-23-26)14-24-34(30,31)20-5-2-4-18(13-20)27(28)29/h2-7,10-13,15,24H,8-9,14H2,1H3. The zero-order valence-electron chi connectivity index (χ0n) is 18.1. The number of methoxy groups -OCH3 is 1. The van der Waals surface area contributed by atoms with Gasteiger partial charge in [-0.25, -0.2) is 22.6 Å². The van der Waals surface area contributed by atoms with E-state index >= 15 is 0 Å². The molecule has 2 aromatic heterocycles. The van der Waals surface area contributed by atoms with Crippen molar-refractivity contribution in [3.63, 3.8) is 0 Å². The summed E-state index contributed by atoms with van der Waals surface area (Å²) < 4.78 is 40.4. The lowest BCUT2D eigenvalue weighted by Crippen LogP contribution is -2.23. The summed E-state index contributed by atoms with van der Waals surface area (Å²) in [6.07, 6.45) is 3.41. The molecular formula is C22H21N5O6S. The Labute approximate surface area is 195 Å². The van der Waals surface area contributed by atoms with E-state index in [1.165, 1.54) is 18.2 Å². The van der Waals surface area contributed by atoms with E-state index in [9.17, 15) is 18.5 Å². The van der Waals surface area contributed by atoms with Crippen LogP contribution in [0.5, 0.6) is 5.75 Å². The molecule has 0 aliphatic carbocycles. The normalized spacial score (nSPS) is 11.6. The number of non-ortho nitro benzene ring substituents is 1. The zero-order chi connectivity index (χ0) is 24.1. The summed E-state index contributed by atoms with van der Waals surface area (Å²) >= 11 is 0. The summed E-state index contributed by atoms with van der Waals surface area (Å²) in [4.78, 5) is 14.7. The summed E-state index contributed by atoms with van der Waals surface area (Å²) in [7, 11) is -2.42. The number of hydrogen-bond acceptors (Lipinski definition) is 8. The van der Waals surface area contributed by atoms with Gasteiger partial charge in [-0.15, -0.1) is 0 Å². The van der Waals surface area contributed by atoms with Gasteiger partial charge in [-0.1, -0.05) is 6.07 Å². The Morgan fingerprint density at radius 3 is 2.74 bits per heavy atom. The number of aromatic nitrogens is 3. The SMILES string of the molecule is COCCOc1cc(CNS(=O)(=O)c2cccc([N+](=O)[O-])c2)cc(-c2cn3ncccc3n2)c1. The third kappa shape index (κ3) is 5.36. The number of nitrogens with zero attached hydrogens (tertiary/aromatic N) is 4. The van der Waals surface area contributed by atoms with Gasteiger partial charge in [0.25, 0.3) is 5.69 Å². The molecule has 176 valence electrons. The Bertz CT molecular complexity index is 1400. The lowest BCUT2D eigenvalue weighted by Gasteiger charge is -2.12. The Hall–Kier alpha value is -3.87. The van der Waals surface area contributed by atoms with Crippen molar-refractivity contribution in [3.8, 4) is 17.0 Å². The summed E-state index contributed by atoms with van der Waals surface area (Å²) in [6.45, 7) is 0.633. The van der Waals surface area contributed by atoms with Crippen molar-refractivity contribution in [3.05, 3.63) is 82.7 Å². The predicted molar refractivity (Wildman–Crippen MR) is 123 cm³/mol. The molecule has 2 heterocycles. The van der Waals surface area contributed by atoms with Crippen LogP contribution in [0, 0.1) is 10.1 Å². The van der Waals surface area contributed by atoms with Crippen molar-refractivity contribution in [2.75, 3.05) is 20.3 Å². The van der Waals surface area contributed by atoms with E-state index in [-0.39, 0.29) is 17.1 Å². The third-order valence-corrected chi connectivity index (χ3v) is 6.26. The first-order chi connectivity index (χ1) is 16.4. The zero-order valence-corrected chi connectivity index (χ0v) is 18.9. The minimum absolute atomic E-state index is 0.0644. The molecule has 0 aliphatic heterocycles. The molecule has 0 fully saturated rings. The van der Waals surface area contributed by atoms with Crippen LogP contribution in [0.15, 0.2) is 71.9 Å². The number of nitrogens with one attached hydrogen (secondary N) is 1. The number of sulfonamides is 1. The van der Waals surface area contributed by atoms with Gasteiger partial charge in [-0.3, -0.25) is 10.1 Å². The number of benzene rings is 2. The average Bonchev–Trinajstić information content (AvgIpc) is 3.28. The molecule has 0 bridgehead atoms. The van der Waals surface area contributed by atoms with E-state index in [0.717, 1.165) is 6.07 Å². The molecule has 0 spiro atoms. The highest BCUT2D eigenvalue weighted by atomic mass is 32.2. The fraction of sp³-hybridized carbons (Fsp3) is 0.182. The largest absolute Gasteiger partial charge is 0.491 e. The first kappa shape index (κ1) is 23.3. The minimum atomic E-state index is -3.99. The highest BCUT2D eigenvalue weighted by Crippen LogP contribution is 2.26. The predicted octanol–water partition coefficient (Wildman–Crippen LogP) is 2.81. The van der Waals surface area contributed by atoms with Gasteiger partial charge in [-0.05, 0) is 42.0 Å². The van der Waals surface area contributed by atoms with Crippen LogP contribution < -0.4 is 9.46 Å². The fourth-order valence-corrected chi connectivity index (χ4v) is 4.29. The van der Waals surface area contributed by atoms with Crippen LogP contribution in [0.1, 0.15) is 5.56 Å². The van der Waals surface area contributed by atoms with Crippen LogP contribution in [0.3, 0.4) is 0 Å². The van der Waals surface area contributed by atoms with E-state index in [1.54, 1.807) is 48.3 Å². The number of imidazole rings is 1. The lowest BCUT2D eigenvalue weighted by atomic mass is 10.1. The van der Waals surface area contributed by atoms with Crippen LogP contribution in [0.25, 0.3) is 16.9 Å². The number of nitro benzene ring substituents is 1. The molecule has 0 saturated heterocycles. The Kier molecular flexibility index (Phi) is 6.82. The number of nitro groups is 1. The maximum atomic E-state index is 12.7. The molecule has 0 unspecified atom stereocenters. The lowest BCUT2D eigenvalue weighted by molar-refractivity contribution is -0.385. The average molecular weight is 484 g/mol. The fourth-order valence-electron chi connectivity index (χ4n) is 3.23. The van der Waals surface area contributed by atoms with Crippen molar-refractivity contribution < 1.29 is 22.8 Å². The van der Waals surface area contributed by atoms with Crippen molar-refractivity contribution in [1.82, 2.24) is 19.3 Å². The molecule has 11 nitrogen and oxygen atoms in total. The molecule has 0 aliphatic rings. The molecule has 0 saturated carbocycles. The van der Waals surface area contributed by atoms with E-state index in [0.29, 0.717) is 41.4 Å².